The minimum absolute atomic E-state index is 0.490. The molecule has 0 unspecified atom stereocenters. The Labute approximate surface area is 82.2 Å². The van der Waals surface area contributed by atoms with Crippen LogP contribution < -0.4 is 10.5 Å². The molecule has 1 aromatic rings. The lowest BCUT2D eigenvalue weighted by Gasteiger charge is -1.99. The third kappa shape index (κ3) is 1.93. The van der Waals surface area contributed by atoms with Crippen molar-refractivity contribution in [1.82, 2.24) is 9.78 Å². The van der Waals surface area contributed by atoms with Crippen molar-refractivity contribution >= 4 is 12.0 Å². The van der Waals surface area contributed by atoms with Crippen molar-refractivity contribution in [2.24, 2.45) is 12.8 Å². The largest absolute Gasteiger partial charge is 0.481 e. The van der Waals surface area contributed by atoms with Crippen LogP contribution in [0.5, 0.6) is 5.88 Å². The van der Waals surface area contributed by atoms with Crippen LogP contribution in [0.3, 0.4) is 0 Å². The van der Waals surface area contributed by atoms with Crippen molar-refractivity contribution in [3.05, 3.63) is 17.3 Å². The summed E-state index contributed by atoms with van der Waals surface area (Å²) < 4.78 is 6.73. The lowest BCUT2D eigenvalue weighted by molar-refractivity contribution is -0.113. The standard InChI is InChI=1S/C9H13N3O2/c1-6-7(4-5-8(10)13)9(14-3)12(2)11-6/h4-5H,1-3H3,(H2,10,13)/b5-4+. The number of hydrogen-bond donors (Lipinski definition) is 1. The molecule has 0 aliphatic rings. The highest BCUT2D eigenvalue weighted by Crippen LogP contribution is 2.21. The zero-order valence-corrected chi connectivity index (χ0v) is 8.44. The summed E-state index contributed by atoms with van der Waals surface area (Å²) in [5.74, 6) is 0.121. The quantitative estimate of drug-likeness (QED) is 0.702. The van der Waals surface area contributed by atoms with Gasteiger partial charge < -0.3 is 10.5 Å². The molecule has 14 heavy (non-hydrogen) atoms. The highest BCUT2D eigenvalue weighted by molar-refractivity contribution is 5.90. The first-order valence-corrected chi connectivity index (χ1v) is 4.11. The minimum Gasteiger partial charge on any atom is -0.481 e. The van der Waals surface area contributed by atoms with Gasteiger partial charge in [0.1, 0.15) is 0 Å². The number of carbonyl (C=O) groups is 1. The first kappa shape index (κ1) is 10.3. The van der Waals surface area contributed by atoms with E-state index in [1.165, 1.54) is 6.08 Å². The van der Waals surface area contributed by atoms with E-state index in [1.807, 2.05) is 6.92 Å². The summed E-state index contributed by atoms with van der Waals surface area (Å²) in [6.45, 7) is 1.84. The van der Waals surface area contributed by atoms with Gasteiger partial charge >= 0.3 is 0 Å². The maximum atomic E-state index is 10.6. The highest BCUT2D eigenvalue weighted by Gasteiger charge is 2.10. The number of ether oxygens (including phenoxy) is 1. The van der Waals surface area contributed by atoms with E-state index in [2.05, 4.69) is 5.10 Å². The summed E-state index contributed by atoms with van der Waals surface area (Å²) in [6, 6.07) is 0. The Morgan fingerprint density at radius 3 is 2.79 bits per heavy atom. The summed E-state index contributed by atoms with van der Waals surface area (Å²) in [5.41, 5.74) is 6.56. The number of carbonyl (C=O) groups excluding carboxylic acids is 1. The second-order valence-electron chi connectivity index (χ2n) is 2.87. The van der Waals surface area contributed by atoms with Crippen LogP contribution in [0.4, 0.5) is 0 Å². The molecule has 0 aliphatic carbocycles. The molecule has 5 nitrogen and oxygen atoms in total. The van der Waals surface area contributed by atoms with Crippen molar-refractivity contribution in [3.63, 3.8) is 0 Å². The number of amides is 1. The average Bonchev–Trinajstić information content (AvgIpc) is 2.36. The van der Waals surface area contributed by atoms with Crippen LogP contribution in [0.2, 0.25) is 0 Å². The van der Waals surface area contributed by atoms with E-state index in [0.29, 0.717) is 5.88 Å². The fourth-order valence-electron chi connectivity index (χ4n) is 1.25. The van der Waals surface area contributed by atoms with Crippen LogP contribution in [0.15, 0.2) is 6.08 Å². The van der Waals surface area contributed by atoms with Crippen LogP contribution >= 0.6 is 0 Å². The maximum Gasteiger partial charge on any atom is 0.241 e. The van der Waals surface area contributed by atoms with Gasteiger partial charge in [0.25, 0.3) is 0 Å². The number of primary amides is 1. The van der Waals surface area contributed by atoms with E-state index in [9.17, 15) is 4.79 Å². The van der Waals surface area contributed by atoms with Crippen LogP contribution in [0.25, 0.3) is 6.08 Å². The lowest BCUT2D eigenvalue weighted by atomic mass is 10.2. The Kier molecular flexibility index (Phi) is 2.91. The number of rotatable bonds is 3. The molecule has 0 bridgehead atoms. The van der Waals surface area contributed by atoms with Crippen molar-refractivity contribution in [2.45, 2.75) is 6.92 Å². The molecule has 5 heteroatoms. The monoisotopic (exact) mass is 195 g/mol. The molecule has 0 aromatic carbocycles. The molecule has 0 fully saturated rings. The van der Waals surface area contributed by atoms with E-state index >= 15 is 0 Å². The summed E-state index contributed by atoms with van der Waals surface area (Å²) in [5, 5.41) is 4.15. The number of methoxy groups -OCH3 is 1. The molecule has 1 aromatic heterocycles. The molecule has 0 atom stereocenters. The molecule has 0 aliphatic heterocycles. The van der Waals surface area contributed by atoms with Crippen LogP contribution in [0, 0.1) is 6.92 Å². The normalized spacial score (nSPS) is 10.8. The van der Waals surface area contributed by atoms with Gasteiger partial charge in [-0.1, -0.05) is 0 Å². The molecule has 2 N–H and O–H groups in total. The topological polar surface area (TPSA) is 70.1 Å². The second-order valence-corrected chi connectivity index (χ2v) is 2.87. The van der Waals surface area contributed by atoms with Gasteiger partial charge in [-0.3, -0.25) is 4.79 Å². The van der Waals surface area contributed by atoms with E-state index in [0.717, 1.165) is 11.3 Å². The van der Waals surface area contributed by atoms with Crippen molar-refractivity contribution in [2.75, 3.05) is 7.11 Å². The Hall–Kier alpha value is -1.78. The molecule has 0 spiro atoms. The summed E-state index contributed by atoms with van der Waals surface area (Å²) in [4.78, 5) is 10.6. The number of nitrogens with zero attached hydrogens (tertiary/aromatic N) is 2. The zero-order chi connectivity index (χ0) is 10.7. The number of aryl methyl sites for hydroxylation is 2. The van der Waals surface area contributed by atoms with Gasteiger partial charge in [-0.25, -0.2) is 4.68 Å². The predicted molar refractivity (Wildman–Crippen MR) is 52.7 cm³/mol. The highest BCUT2D eigenvalue weighted by atomic mass is 16.5. The first-order chi connectivity index (χ1) is 6.56. The maximum absolute atomic E-state index is 10.6. The fraction of sp³-hybridized carbons (Fsp3) is 0.333. The first-order valence-electron chi connectivity index (χ1n) is 4.11. The molecule has 1 amide bonds. The SMILES string of the molecule is COc1c(/C=C/C(N)=O)c(C)nn1C. The van der Waals surface area contributed by atoms with Crippen LogP contribution in [0.1, 0.15) is 11.3 Å². The molecule has 1 heterocycles. The van der Waals surface area contributed by atoms with Gasteiger partial charge in [0.15, 0.2) is 0 Å². The molecule has 0 saturated carbocycles. The number of hydrogen-bond acceptors (Lipinski definition) is 3. The Morgan fingerprint density at radius 2 is 2.29 bits per heavy atom. The third-order valence-corrected chi connectivity index (χ3v) is 1.82. The van der Waals surface area contributed by atoms with Gasteiger partial charge in [0, 0.05) is 13.1 Å². The predicted octanol–water partition coefficient (Wildman–Crippen LogP) is 0.236. The van der Waals surface area contributed by atoms with Crippen molar-refractivity contribution < 1.29 is 9.53 Å². The summed E-state index contributed by atoms with van der Waals surface area (Å²) >= 11 is 0. The minimum atomic E-state index is -0.490. The van der Waals surface area contributed by atoms with Gasteiger partial charge in [-0.15, -0.1) is 0 Å². The van der Waals surface area contributed by atoms with Crippen molar-refractivity contribution in [3.8, 4) is 5.88 Å². The van der Waals surface area contributed by atoms with E-state index in [4.69, 9.17) is 10.5 Å². The van der Waals surface area contributed by atoms with Gasteiger partial charge in [-0.05, 0) is 13.0 Å². The lowest BCUT2D eigenvalue weighted by Crippen LogP contribution is -2.05. The average molecular weight is 195 g/mol. The van der Waals surface area contributed by atoms with E-state index < -0.39 is 5.91 Å². The Bertz CT molecular complexity index is 380. The smallest absolute Gasteiger partial charge is 0.241 e. The zero-order valence-electron chi connectivity index (χ0n) is 8.44. The summed E-state index contributed by atoms with van der Waals surface area (Å²) in [7, 11) is 3.32. The van der Waals surface area contributed by atoms with Crippen molar-refractivity contribution in [1.29, 1.82) is 0 Å². The number of aromatic nitrogens is 2. The molecular weight excluding hydrogens is 182 g/mol. The molecule has 0 radical (unpaired) electrons. The van der Waals surface area contributed by atoms with Gasteiger partial charge in [-0.2, -0.15) is 5.10 Å². The van der Waals surface area contributed by atoms with Gasteiger partial charge in [0.2, 0.25) is 11.8 Å². The van der Waals surface area contributed by atoms with Crippen LogP contribution in [-0.2, 0) is 11.8 Å². The molecular formula is C9H13N3O2. The van der Waals surface area contributed by atoms with E-state index in [-0.39, 0.29) is 0 Å². The number of nitrogens with two attached hydrogens (primary N) is 1. The fourth-order valence-corrected chi connectivity index (χ4v) is 1.25. The molecule has 1 rings (SSSR count). The second kappa shape index (κ2) is 3.95. The molecule has 76 valence electrons. The van der Waals surface area contributed by atoms with Gasteiger partial charge in [0.05, 0.1) is 18.4 Å². The Morgan fingerprint density at radius 1 is 1.64 bits per heavy atom. The third-order valence-electron chi connectivity index (χ3n) is 1.82. The van der Waals surface area contributed by atoms with E-state index in [1.54, 1.807) is 24.9 Å². The summed E-state index contributed by atoms with van der Waals surface area (Å²) in [6.07, 6.45) is 2.88. The van der Waals surface area contributed by atoms with Crippen LogP contribution in [-0.4, -0.2) is 22.8 Å². The molecule has 0 saturated heterocycles. The Balaban J connectivity index is 3.12.